The third kappa shape index (κ3) is 7.35. The first-order valence-corrected chi connectivity index (χ1v) is 15.1. The monoisotopic (exact) mass is 595 g/mol. The topological polar surface area (TPSA) is 61.9 Å². The van der Waals surface area contributed by atoms with E-state index in [9.17, 15) is 9.59 Å². The standard InChI is InChI=1S/C33H39Cl2N3O3/c1-4-6-19-37(3)31(39)24-12-15-27(16-13-24)38-20-18-33(23-41-32(40)36-5-2,26-10-8-7-9-11-26)22-30(38)25-14-17-28(34)29(35)21-25/h7-17,21,30H,4-6,18-20,22-23H2,1-3H3,(H,36,40). The van der Waals surface area contributed by atoms with Gasteiger partial charge in [-0.2, -0.15) is 0 Å². The lowest BCUT2D eigenvalue weighted by atomic mass is 9.69. The van der Waals surface area contributed by atoms with E-state index < -0.39 is 11.5 Å². The fraction of sp³-hybridized carbons (Fsp3) is 0.394. The Morgan fingerprint density at radius 3 is 2.41 bits per heavy atom. The van der Waals surface area contributed by atoms with Crippen molar-refractivity contribution in [2.45, 2.75) is 51.0 Å². The molecule has 1 heterocycles. The number of benzene rings is 3. The van der Waals surface area contributed by atoms with Gasteiger partial charge in [0.25, 0.3) is 5.91 Å². The molecule has 2 amide bonds. The zero-order chi connectivity index (χ0) is 29.4. The first-order chi connectivity index (χ1) is 19.8. The van der Waals surface area contributed by atoms with Gasteiger partial charge in [-0.25, -0.2) is 4.79 Å². The summed E-state index contributed by atoms with van der Waals surface area (Å²) in [7, 11) is 1.85. The zero-order valence-corrected chi connectivity index (χ0v) is 25.5. The van der Waals surface area contributed by atoms with Gasteiger partial charge in [-0.3, -0.25) is 4.79 Å². The summed E-state index contributed by atoms with van der Waals surface area (Å²) in [6, 6.07) is 23.8. The number of halogens is 2. The first kappa shape index (κ1) is 30.7. The van der Waals surface area contributed by atoms with E-state index in [1.807, 2.05) is 74.6 Å². The van der Waals surface area contributed by atoms with Gasteiger partial charge in [0.15, 0.2) is 0 Å². The molecule has 218 valence electrons. The fourth-order valence-corrected chi connectivity index (χ4v) is 5.89. The molecule has 1 aliphatic rings. The number of hydrogen-bond donors (Lipinski definition) is 1. The van der Waals surface area contributed by atoms with Crippen molar-refractivity contribution in [2.75, 3.05) is 38.2 Å². The minimum absolute atomic E-state index is 0.0234. The number of hydrogen-bond acceptors (Lipinski definition) is 4. The molecule has 0 bridgehead atoms. The second-order valence-corrected chi connectivity index (χ2v) is 11.5. The second-order valence-electron chi connectivity index (χ2n) is 10.7. The highest BCUT2D eigenvalue weighted by Gasteiger charge is 2.43. The summed E-state index contributed by atoms with van der Waals surface area (Å²) in [6.07, 6.45) is 3.07. The van der Waals surface area contributed by atoms with Crippen molar-refractivity contribution in [3.05, 3.63) is 99.5 Å². The Balaban J connectivity index is 1.68. The molecule has 41 heavy (non-hydrogen) atoms. The maximum atomic E-state index is 12.9. The van der Waals surface area contributed by atoms with Crippen LogP contribution in [0.1, 0.15) is 67.1 Å². The van der Waals surface area contributed by atoms with Crippen LogP contribution in [0.4, 0.5) is 10.5 Å². The van der Waals surface area contributed by atoms with E-state index in [1.165, 1.54) is 0 Å². The molecule has 4 rings (SSSR count). The van der Waals surface area contributed by atoms with E-state index >= 15 is 0 Å². The Morgan fingerprint density at radius 1 is 1.02 bits per heavy atom. The molecule has 0 spiro atoms. The molecule has 1 aliphatic heterocycles. The smallest absolute Gasteiger partial charge is 0.407 e. The second kappa shape index (κ2) is 14.1. The normalized spacial score (nSPS) is 18.6. The van der Waals surface area contributed by atoms with E-state index in [4.69, 9.17) is 27.9 Å². The molecule has 0 saturated carbocycles. The number of ether oxygens (including phenoxy) is 1. The molecule has 1 fully saturated rings. The van der Waals surface area contributed by atoms with E-state index in [0.29, 0.717) is 35.1 Å². The Labute approximate surface area is 253 Å². The van der Waals surface area contributed by atoms with Crippen molar-refractivity contribution in [3.63, 3.8) is 0 Å². The molecule has 3 aromatic carbocycles. The fourth-order valence-electron chi connectivity index (χ4n) is 5.58. The van der Waals surface area contributed by atoms with Crippen LogP contribution in [0.5, 0.6) is 0 Å². The quantitative estimate of drug-likeness (QED) is 0.259. The SMILES string of the molecule is CCCCN(C)C(=O)c1ccc(N2CCC(COC(=O)NCC)(c3ccccc3)CC2c2ccc(Cl)c(Cl)c2)cc1. The van der Waals surface area contributed by atoms with Crippen LogP contribution in [0.3, 0.4) is 0 Å². The summed E-state index contributed by atoms with van der Waals surface area (Å²) in [4.78, 5) is 29.4. The largest absolute Gasteiger partial charge is 0.449 e. The number of piperidine rings is 1. The molecule has 0 aromatic heterocycles. The number of unbranched alkanes of at least 4 members (excludes halogenated alkanes) is 1. The van der Waals surface area contributed by atoms with Crippen LogP contribution in [0.15, 0.2) is 72.8 Å². The van der Waals surface area contributed by atoms with Gasteiger partial charge in [0, 0.05) is 43.3 Å². The Morgan fingerprint density at radius 2 is 1.76 bits per heavy atom. The Hall–Kier alpha value is -3.22. The summed E-state index contributed by atoms with van der Waals surface area (Å²) in [5, 5.41) is 3.74. The summed E-state index contributed by atoms with van der Waals surface area (Å²) in [5.74, 6) is 0.0234. The number of nitrogens with one attached hydrogen (secondary N) is 1. The zero-order valence-electron chi connectivity index (χ0n) is 24.0. The molecular weight excluding hydrogens is 557 g/mol. The van der Waals surface area contributed by atoms with Crippen molar-refractivity contribution >= 4 is 40.9 Å². The third-order valence-electron chi connectivity index (χ3n) is 7.95. The lowest BCUT2D eigenvalue weighted by Crippen LogP contribution is -2.48. The van der Waals surface area contributed by atoms with Gasteiger partial charge in [-0.1, -0.05) is 72.9 Å². The summed E-state index contributed by atoms with van der Waals surface area (Å²) >= 11 is 12.8. The van der Waals surface area contributed by atoms with Crippen molar-refractivity contribution in [1.82, 2.24) is 10.2 Å². The highest BCUT2D eigenvalue weighted by molar-refractivity contribution is 6.42. The van der Waals surface area contributed by atoms with Gasteiger partial charge in [0.2, 0.25) is 0 Å². The molecule has 0 aliphatic carbocycles. The number of carbonyl (C=O) groups is 2. The highest BCUT2D eigenvalue weighted by Crippen LogP contribution is 2.46. The van der Waals surface area contributed by atoms with Crippen LogP contribution < -0.4 is 10.2 Å². The van der Waals surface area contributed by atoms with Crippen LogP contribution in [-0.4, -0.2) is 50.2 Å². The minimum atomic E-state index is -0.416. The number of alkyl carbamates (subject to hydrolysis) is 1. The van der Waals surface area contributed by atoms with Crippen LogP contribution in [0, 0.1) is 0 Å². The van der Waals surface area contributed by atoms with Crippen molar-refractivity contribution in [1.29, 1.82) is 0 Å². The third-order valence-corrected chi connectivity index (χ3v) is 8.69. The molecule has 6 nitrogen and oxygen atoms in total. The Bertz CT molecular complexity index is 1320. The van der Waals surface area contributed by atoms with Crippen molar-refractivity contribution in [2.24, 2.45) is 0 Å². The van der Waals surface area contributed by atoms with E-state index in [0.717, 1.165) is 42.6 Å². The van der Waals surface area contributed by atoms with Crippen LogP contribution in [-0.2, 0) is 10.2 Å². The van der Waals surface area contributed by atoms with Crippen LogP contribution in [0.25, 0.3) is 0 Å². The number of rotatable bonds is 10. The molecular formula is C33H39Cl2N3O3. The van der Waals surface area contributed by atoms with Crippen LogP contribution in [0.2, 0.25) is 10.0 Å². The number of amides is 2. The number of carbonyl (C=O) groups excluding carboxylic acids is 2. The van der Waals surface area contributed by atoms with E-state index in [-0.39, 0.29) is 18.6 Å². The predicted octanol–water partition coefficient (Wildman–Crippen LogP) is 7.89. The minimum Gasteiger partial charge on any atom is -0.449 e. The Kier molecular flexibility index (Phi) is 10.6. The summed E-state index contributed by atoms with van der Waals surface area (Å²) in [5.41, 5.74) is 3.43. The first-order valence-electron chi connectivity index (χ1n) is 14.3. The van der Waals surface area contributed by atoms with Gasteiger partial charge in [-0.15, -0.1) is 0 Å². The maximum Gasteiger partial charge on any atom is 0.407 e. The van der Waals surface area contributed by atoms with Gasteiger partial charge in [-0.05, 0) is 73.7 Å². The molecule has 2 atom stereocenters. The number of anilines is 1. The maximum absolute atomic E-state index is 12.9. The van der Waals surface area contributed by atoms with Gasteiger partial charge < -0.3 is 19.9 Å². The summed E-state index contributed by atoms with van der Waals surface area (Å²) < 4.78 is 5.78. The average molecular weight is 597 g/mol. The molecule has 0 radical (unpaired) electrons. The number of nitrogens with zero attached hydrogens (tertiary/aromatic N) is 2. The van der Waals surface area contributed by atoms with Crippen molar-refractivity contribution < 1.29 is 14.3 Å². The molecule has 1 saturated heterocycles. The van der Waals surface area contributed by atoms with E-state index in [2.05, 4.69) is 29.3 Å². The molecule has 1 N–H and O–H groups in total. The lowest BCUT2D eigenvalue weighted by Gasteiger charge is -2.48. The summed E-state index contributed by atoms with van der Waals surface area (Å²) in [6.45, 7) is 6.20. The van der Waals surface area contributed by atoms with Crippen LogP contribution >= 0.6 is 23.2 Å². The average Bonchev–Trinajstić information content (AvgIpc) is 3.00. The highest BCUT2D eigenvalue weighted by atomic mass is 35.5. The van der Waals surface area contributed by atoms with E-state index in [1.54, 1.807) is 4.90 Å². The predicted molar refractivity (Wildman–Crippen MR) is 167 cm³/mol. The molecule has 2 unspecified atom stereocenters. The van der Waals surface area contributed by atoms with Gasteiger partial charge in [0.1, 0.15) is 6.61 Å². The van der Waals surface area contributed by atoms with Gasteiger partial charge >= 0.3 is 6.09 Å². The van der Waals surface area contributed by atoms with Gasteiger partial charge in [0.05, 0.1) is 16.1 Å². The lowest BCUT2D eigenvalue weighted by molar-refractivity contribution is 0.0793. The van der Waals surface area contributed by atoms with Crippen molar-refractivity contribution in [3.8, 4) is 0 Å². The molecule has 8 heteroatoms. The molecule has 3 aromatic rings.